The van der Waals surface area contributed by atoms with E-state index in [4.69, 9.17) is 4.74 Å². The van der Waals surface area contributed by atoms with Crippen LogP contribution in [0.3, 0.4) is 0 Å². The second-order valence-corrected chi connectivity index (χ2v) is 8.93. The molecule has 1 unspecified atom stereocenters. The molecule has 3 aromatic rings. The Morgan fingerprint density at radius 3 is 2.39 bits per heavy atom. The Kier molecular flexibility index (Phi) is 6.86. The summed E-state index contributed by atoms with van der Waals surface area (Å²) in [7, 11) is 1.62. The van der Waals surface area contributed by atoms with Crippen molar-refractivity contribution in [3.05, 3.63) is 95.3 Å². The number of piperazine rings is 1. The zero-order chi connectivity index (χ0) is 25.1. The molecular weight excluding hydrogens is 459 g/mol. The Bertz CT molecular complexity index is 1240. The van der Waals surface area contributed by atoms with Gasteiger partial charge in [-0.3, -0.25) is 9.59 Å². The number of hydrogen-bond donors (Lipinski definition) is 1. The fourth-order valence-corrected chi connectivity index (χ4v) is 4.85. The normalized spacial score (nSPS) is 17.3. The molecule has 2 amide bonds. The molecule has 5 rings (SSSR count). The number of rotatable bonds is 7. The summed E-state index contributed by atoms with van der Waals surface area (Å²) in [4.78, 5) is 31.5. The number of para-hydroxylation sites is 1. The fraction of sp³-hybridized carbons (Fsp3) is 0.286. The van der Waals surface area contributed by atoms with Gasteiger partial charge in [0.2, 0.25) is 0 Å². The number of halogens is 1. The van der Waals surface area contributed by atoms with Gasteiger partial charge in [-0.1, -0.05) is 30.3 Å². The van der Waals surface area contributed by atoms with Gasteiger partial charge in [0, 0.05) is 62.2 Å². The molecule has 3 aromatic carbocycles. The van der Waals surface area contributed by atoms with E-state index in [1.807, 2.05) is 47.4 Å². The predicted molar refractivity (Wildman–Crippen MR) is 137 cm³/mol. The number of nitrogens with zero attached hydrogens (tertiary/aromatic N) is 3. The third-order valence-electron chi connectivity index (χ3n) is 6.79. The van der Waals surface area contributed by atoms with Crippen molar-refractivity contribution >= 4 is 23.2 Å². The maximum absolute atomic E-state index is 14.1. The number of anilines is 2. The zero-order valence-corrected chi connectivity index (χ0v) is 20.2. The number of amides is 2. The minimum atomic E-state index is -0.308. The minimum Gasteiger partial charge on any atom is -0.383 e. The first kappa shape index (κ1) is 23.8. The number of carbonyl (C=O) groups is 2. The van der Waals surface area contributed by atoms with Gasteiger partial charge in [-0.2, -0.15) is 0 Å². The van der Waals surface area contributed by atoms with Crippen LogP contribution in [0.25, 0.3) is 0 Å². The number of carbonyl (C=O) groups excluding carboxylic acids is 2. The molecule has 0 saturated carbocycles. The summed E-state index contributed by atoms with van der Waals surface area (Å²) in [5, 5.41) is 3.44. The monoisotopic (exact) mass is 488 g/mol. The first-order valence-corrected chi connectivity index (χ1v) is 12.1. The summed E-state index contributed by atoms with van der Waals surface area (Å²) in [5.74, 6) is -0.313. The summed E-state index contributed by atoms with van der Waals surface area (Å²) in [6, 6.07) is 21.6. The van der Waals surface area contributed by atoms with E-state index < -0.39 is 0 Å². The van der Waals surface area contributed by atoms with Crippen molar-refractivity contribution in [2.75, 3.05) is 56.7 Å². The molecule has 0 spiro atoms. The van der Waals surface area contributed by atoms with Crippen molar-refractivity contribution in [1.82, 2.24) is 9.80 Å². The van der Waals surface area contributed by atoms with E-state index >= 15 is 0 Å². The Labute approximate surface area is 210 Å². The SMILES string of the molecule is COCCN1C(=O)c2ccccc2C1Nc1ccc(C(=O)N2CCN(c3ccccc3F)CC2)cc1. The first-order valence-electron chi connectivity index (χ1n) is 12.1. The molecule has 186 valence electrons. The molecule has 0 bridgehead atoms. The highest BCUT2D eigenvalue weighted by Gasteiger charge is 2.36. The molecule has 0 aromatic heterocycles. The van der Waals surface area contributed by atoms with Crippen molar-refractivity contribution in [3.8, 4) is 0 Å². The number of methoxy groups -OCH3 is 1. The number of hydrogen-bond acceptors (Lipinski definition) is 5. The number of benzene rings is 3. The molecule has 1 saturated heterocycles. The Balaban J connectivity index is 1.24. The topological polar surface area (TPSA) is 65.1 Å². The summed E-state index contributed by atoms with van der Waals surface area (Å²) in [6.45, 7) is 3.13. The van der Waals surface area contributed by atoms with Crippen LogP contribution in [0.1, 0.15) is 32.4 Å². The van der Waals surface area contributed by atoms with Gasteiger partial charge in [-0.25, -0.2) is 4.39 Å². The number of fused-ring (bicyclic) bond motifs is 1. The molecule has 0 radical (unpaired) electrons. The molecule has 36 heavy (non-hydrogen) atoms. The number of nitrogens with one attached hydrogen (secondary N) is 1. The van der Waals surface area contributed by atoms with Crippen molar-refractivity contribution in [1.29, 1.82) is 0 Å². The van der Waals surface area contributed by atoms with Gasteiger partial charge in [0.25, 0.3) is 11.8 Å². The van der Waals surface area contributed by atoms with Gasteiger partial charge < -0.3 is 24.8 Å². The molecule has 8 heteroatoms. The van der Waals surface area contributed by atoms with Crippen LogP contribution in [-0.2, 0) is 4.74 Å². The van der Waals surface area contributed by atoms with Crippen molar-refractivity contribution < 1.29 is 18.7 Å². The molecule has 1 atom stereocenters. The smallest absolute Gasteiger partial charge is 0.256 e. The summed E-state index contributed by atoms with van der Waals surface area (Å²) in [6.07, 6.45) is -0.308. The molecule has 2 aliphatic rings. The second kappa shape index (κ2) is 10.4. The molecule has 2 heterocycles. The van der Waals surface area contributed by atoms with Crippen LogP contribution in [0.15, 0.2) is 72.8 Å². The maximum atomic E-state index is 14.1. The molecule has 1 N–H and O–H groups in total. The van der Waals surface area contributed by atoms with Crippen LogP contribution in [0.2, 0.25) is 0 Å². The lowest BCUT2D eigenvalue weighted by Crippen LogP contribution is -2.49. The van der Waals surface area contributed by atoms with Gasteiger partial charge in [-0.15, -0.1) is 0 Å². The van der Waals surface area contributed by atoms with E-state index in [9.17, 15) is 14.0 Å². The molecular formula is C28H29FN4O3. The molecule has 1 fully saturated rings. The van der Waals surface area contributed by atoms with Crippen molar-refractivity contribution in [3.63, 3.8) is 0 Å². The standard InChI is InChI=1S/C28H29FN4O3/c1-36-19-18-33-26(22-6-2-3-7-23(22)28(33)35)30-21-12-10-20(11-13-21)27(34)32-16-14-31(15-17-32)25-9-5-4-8-24(25)29/h2-13,26,30H,14-19H2,1H3. The summed E-state index contributed by atoms with van der Waals surface area (Å²) < 4.78 is 19.3. The van der Waals surface area contributed by atoms with Gasteiger partial charge >= 0.3 is 0 Å². The highest BCUT2D eigenvalue weighted by molar-refractivity contribution is 5.99. The van der Waals surface area contributed by atoms with Crippen LogP contribution in [0.4, 0.5) is 15.8 Å². The molecule has 2 aliphatic heterocycles. The van der Waals surface area contributed by atoms with Crippen LogP contribution in [-0.4, -0.2) is 68.1 Å². The van der Waals surface area contributed by atoms with Crippen molar-refractivity contribution in [2.24, 2.45) is 0 Å². The third-order valence-corrected chi connectivity index (χ3v) is 6.79. The molecule has 0 aliphatic carbocycles. The first-order chi connectivity index (χ1) is 17.6. The van der Waals surface area contributed by atoms with Gasteiger partial charge in [0.1, 0.15) is 12.0 Å². The van der Waals surface area contributed by atoms with Gasteiger partial charge in [0.05, 0.1) is 12.3 Å². The average Bonchev–Trinajstić information content (AvgIpc) is 3.18. The lowest BCUT2D eigenvalue weighted by atomic mass is 10.1. The fourth-order valence-electron chi connectivity index (χ4n) is 4.85. The largest absolute Gasteiger partial charge is 0.383 e. The van der Waals surface area contributed by atoms with E-state index in [-0.39, 0.29) is 23.8 Å². The lowest BCUT2D eigenvalue weighted by Gasteiger charge is -2.36. The third kappa shape index (κ3) is 4.64. The van der Waals surface area contributed by atoms with Crippen LogP contribution in [0.5, 0.6) is 0 Å². The highest BCUT2D eigenvalue weighted by atomic mass is 19.1. The van der Waals surface area contributed by atoms with E-state index in [0.717, 1.165) is 11.3 Å². The maximum Gasteiger partial charge on any atom is 0.256 e. The Hall–Kier alpha value is -3.91. The Morgan fingerprint density at radius 1 is 0.972 bits per heavy atom. The highest BCUT2D eigenvalue weighted by Crippen LogP contribution is 2.34. The van der Waals surface area contributed by atoms with E-state index in [1.165, 1.54) is 6.07 Å². The Morgan fingerprint density at radius 2 is 1.67 bits per heavy atom. The van der Waals surface area contributed by atoms with Gasteiger partial charge in [-0.05, 0) is 42.5 Å². The van der Waals surface area contributed by atoms with Crippen molar-refractivity contribution in [2.45, 2.75) is 6.17 Å². The summed E-state index contributed by atoms with van der Waals surface area (Å²) in [5.41, 5.74) is 3.59. The van der Waals surface area contributed by atoms with E-state index in [1.54, 1.807) is 41.2 Å². The van der Waals surface area contributed by atoms with E-state index in [2.05, 4.69) is 5.32 Å². The summed E-state index contributed by atoms with van der Waals surface area (Å²) >= 11 is 0. The molecule has 7 nitrogen and oxygen atoms in total. The van der Waals surface area contributed by atoms with E-state index in [0.29, 0.717) is 56.1 Å². The average molecular weight is 489 g/mol. The predicted octanol–water partition coefficient (Wildman–Crippen LogP) is 4.00. The van der Waals surface area contributed by atoms with Crippen LogP contribution >= 0.6 is 0 Å². The van der Waals surface area contributed by atoms with Gasteiger partial charge in [0.15, 0.2) is 0 Å². The lowest BCUT2D eigenvalue weighted by molar-refractivity contribution is 0.0674. The number of ether oxygens (including phenoxy) is 1. The second-order valence-electron chi connectivity index (χ2n) is 8.93. The quantitative estimate of drug-likeness (QED) is 0.545. The van der Waals surface area contributed by atoms with Crippen LogP contribution < -0.4 is 10.2 Å². The van der Waals surface area contributed by atoms with Crippen LogP contribution in [0, 0.1) is 5.82 Å². The zero-order valence-electron chi connectivity index (χ0n) is 20.2. The minimum absolute atomic E-state index is 0.0264.